The molecule has 15 heavy (non-hydrogen) atoms. The molecule has 0 atom stereocenters. The van der Waals surface area contributed by atoms with Crippen molar-refractivity contribution < 1.29 is 4.79 Å². The fourth-order valence-corrected chi connectivity index (χ4v) is 2.42. The number of nitrogens with zero attached hydrogens (tertiary/aromatic N) is 1. The van der Waals surface area contributed by atoms with E-state index >= 15 is 0 Å². The van der Waals surface area contributed by atoms with Crippen molar-refractivity contribution in [1.82, 2.24) is 4.90 Å². The van der Waals surface area contributed by atoms with Crippen LogP contribution >= 0.6 is 11.3 Å². The molecule has 0 aliphatic carbocycles. The van der Waals surface area contributed by atoms with Gasteiger partial charge in [-0.05, 0) is 30.4 Å². The van der Waals surface area contributed by atoms with Crippen LogP contribution < -0.4 is 5.32 Å². The molecule has 2 heterocycles. The van der Waals surface area contributed by atoms with Crippen molar-refractivity contribution in [3.63, 3.8) is 0 Å². The minimum Gasteiger partial charge on any atom is -0.325 e. The van der Waals surface area contributed by atoms with Crippen LogP contribution in [0.15, 0.2) is 17.5 Å². The second-order valence-electron chi connectivity index (χ2n) is 3.81. The maximum Gasteiger partial charge on any atom is 0.322 e. The van der Waals surface area contributed by atoms with Gasteiger partial charge in [0.15, 0.2) is 0 Å². The molecule has 1 aromatic rings. The number of urea groups is 1. The second kappa shape index (κ2) is 5.16. The van der Waals surface area contributed by atoms with E-state index in [4.69, 9.17) is 0 Å². The normalized spacial score (nSPS) is 17.2. The average Bonchev–Trinajstić information content (AvgIpc) is 2.58. The summed E-state index contributed by atoms with van der Waals surface area (Å²) in [4.78, 5) is 13.8. The van der Waals surface area contributed by atoms with E-state index in [0.29, 0.717) is 0 Å². The Balaban J connectivity index is 1.89. The van der Waals surface area contributed by atoms with E-state index in [1.807, 2.05) is 22.4 Å². The van der Waals surface area contributed by atoms with E-state index in [1.165, 1.54) is 12.8 Å². The summed E-state index contributed by atoms with van der Waals surface area (Å²) in [6, 6.07) is 3.93. The highest BCUT2D eigenvalue weighted by atomic mass is 32.1. The van der Waals surface area contributed by atoms with E-state index in [1.54, 1.807) is 11.3 Å². The zero-order chi connectivity index (χ0) is 10.5. The molecule has 0 bridgehead atoms. The van der Waals surface area contributed by atoms with Gasteiger partial charge in [0.1, 0.15) is 0 Å². The summed E-state index contributed by atoms with van der Waals surface area (Å²) >= 11 is 1.56. The summed E-state index contributed by atoms with van der Waals surface area (Å²) in [5, 5.41) is 5.83. The first-order chi connectivity index (χ1) is 7.36. The van der Waals surface area contributed by atoms with Crippen molar-refractivity contribution >= 4 is 22.4 Å². The Hall–Kier alpha value is -1.03. The van der Waals surface area contributed by atoms with Crippen LogP contribution in [0.1, 0.15) is 25.7 Å². The average molecular weight is 224 g/mol. The van der Waals surface area contributed by atoms with Crippen LogP contribution in [0.2, 0.25) is 0 Å². The summed E-state index contributed by atoms with van der Waals surface area (Å²) in [5.74, 6) is 0. The predicted molar refractivity (Wildman–Crippen MR) is 63.4 cm³/mol. The molecule has 0 unspecified atom stereocenters. The number of carbonyl (C=O) groups is 1. The van der Waals surface area contributed by atoms with Crippen molar-refractivity contribution in [3.05, 3.63) is 17.5 Å². The summed E-state index contributed by atoms with van der Waals surface area (Å²) in [5.41, 5.74) is 0. The third-order valence-corrected chi connectivity index (χ3v) is 3.43. The molecule has 0 saturated carbocycles. The maximum absolute atomic E-state index is 11.8. The molecule has 2 amide bonds. The molecule has 0 radical (unpaired) electrons. The minimum atomic E-state index is 0.0550. The quantitative estimate of drug-likeness (QED) is 0.780. The summed E-state index contributed by atoms with van der Waals surface area (Å²) in [6.45, 7) is 1.80. The first-order valence-electron chi connectivity index (χ1n) is 5.46. The van der Waals surface area contributed by atoms with Gasteiger partial charge in [0.25, 0.3) is 0 Å². The smallest absolute Gasteiger partial charge is 0.322 e. The molecule has 82 valence electrons. The van der Waals surface area contributed by atoms with Crippen LogP contribution in [-0.4, -0.2) is 24.0 Å². The van der Waals surface area contributed by atoms with Crippen LogP contribution in [0.3, 0.4) is 0 Å². The molecular weight excluding hydrogens is 208 g/mol. The molecule has 4 heteroatoms. The van der Waals surface area contributed by atoms with Crippen LogP contribution in [0.4, 0.5) is 9.80 Å². The number of carbonyl (C=O) groups excluding carboxylic acids is 1. The first-order valence-corrected chi connectivity index (χ1v) is 6.34. The summed E-state index contributed by atoms with van der Waals surface area (Å²) < 4.78 is 0. The highest BCUT2D eigenvalue weighted by Gasteiger charge is 2.15. The van der Waals surface area contributed by atoms with Crippen molar-refractivity contribution in [1.29, 1.82) is 0 Å². The SMILES string of the molecule is O=C(Nc1cccs1)N1CCCCCC1. The fourth-order valence-electron chi connectivity index (χ4n) is 1.81. The van der Waals surface area contributed by atoms with Gasteiger partial charge in [0, 0.05) is 13.1 Å². The number of hydrogen-bond donors (Lipinski definition) is 1. The fraction of sp³-hybridized carbons (Fsp3) is 0.545. The third-order valence-electron chi connectivity index (χ3n) is 2.64. The second-order valence-corrected chi connectivity index (χ2v) is 4.76. The number of nitrogens with one attached hydrogen (secondary N) is 1. The van der Waals surface area contributed by atoms with Crippen LogP contribution in [0.5, 0.6) is 0 Å². The van der Waals surface area contributed by atoms with E-state index < -0.39 is 0 Å². The Morgan fingerprint density at radius 2 is 2.00 bits per heavy atom. The topological polar surface area (TPSA) is 32.3 Å². The lowest BCUT2D eigenvalue weighted by Crippen LogP contribution is -2.35. The Kier molecular flexibility index (Phi) is 3.61. The largest absolute Gasteiger partial charge is 0.325 e. The van der Waals surface area contributed by atoms with Gasteiger partial charge in [0.2, 0.25) is 0 Å². The summed E-state index contributed by atoms with van der Waals surface area (Å²) in [6.07, 6.45) is 4.78. The molecule has 1 saturated heterocycles. The standard InChI is InChI=1S/C11H16N2OS/c14-11(12-10-6-5-9-15-10)13-7-3-1-2-4-8-13/h5-6,9H,1-4,7-8H2,(H,12,14). The molecule has 1 aliphatic heterocycles. The lowest BCUT2D eigenvalue weighted by atomic mass is 10.2. The number of likely N-dealkylation sites (tertiary alicyclic amines) is 1. The lowest BCUT2D eigenvalue weighted by Gasteiger charge is -2.20. The molecule has 2 rings (SSSR count). The van der Waals surface area contributed by atoms with E-state index in [-0.39, 0.29) is 6.03 Å². The third kappa shape index (κ3) is 2.96. The minimum absolute atomic E-state index is 0.0550. The van der Waals surface area contributed by atoms with E-state index in [9.17, 15) is 4.79 Å². The number of rotatable bonds is 1. The van der Waals surface area contributed by atoms with Gasteiger partial charge < -0.3 is 4.90 Å². The molecule has 0 aromatic carbocycles. The molecule has 1 fully saturated rings. The number of amides is 2. The van der Waals surface area contributed by atoms with Gasteiger partial charge in [-0.25, -0.2) is 4.79 Å². The molecular formula is C11H16N2OS. The predicted octanol–water partition coefficient (Wildman–Crippen LogP) is 3.16. The lowest BCUT2D eigenvalue weighted by molar-refractivity contribution is 0.214. The van der Waals surface area contributed by atoms with E-state index in [0.717, 1.165) is 30.9 Å². The van der Waals surface area contributed by atoms with Crippen LogP contribution in [0.25, 0.3) is 0 Å². The Morgan fingerprint density at radius 3 is 2.60 bits per heavy atom. The first kappa shape index (κ1) is 10.5. The van der Waals surface area contributed by atoms with Gasteiger partial charge >= 0.3 is 6.03 Å². The molecule has 1 aliphatic rings. The van der Waals surface area contributed by atoms with Gasteiger partial charge in [-0.2, -0.15) is 0 Å². The Labute approximate surface area is 94.1 Å². The molecule has 0 spiro atoms. The van der Waals surface area contributed by atoms with Crippen molar-refractivity contribution in [2.75, 3.05) is 18.4 Å². The van der Waals surface area contributed by atoms with E-state index in [2.05, 4.69) is 5.32 Å². The van der Waals surface area contributed by atoms with Crippen molar-refractivity contribution in [2.45, 2.75) is 25.7 Å². The molecule has 1 aromatic heterocycles. The number of hydrogen-bond acceptors (Lipinski definition) is 2. The monoisotopic (exact) mass is 224 g/mol. The zero-order valence-electron chi connectivity index (χ0n) is 8.74. The van der Waals surface area contributed by atoms with Gasteiger partial charge in [0.05, 0.1) is 5.00 Å². The molecule has 1 N–H and O–H groups in total. The Bertz CT molecular complexity index is 302. The van der Waals surface area contributed by atoms with Gasteiger partial charge in [-0.3, -0.25) is 5.32 Å². The van der Waals surface area contributed by atoms with Gasteiger partial charge in [-0.1, -0.05) is 12.8 Å². The zero-order valence-corrected chi connectivity index (χ0v) is 9.55. The van der Waals surface area contributed by atoms with Crippen molar-refractivity contribution in [2.24, 2.45) is 0 Å². The van der Waals surface area contributed by atoms with Crippen molar-refractivity contribution in [3.8, 4) is 0 Å². The highest BCUT2D eigenvalue weighted by molar-refractivity contribution is 7.14. The van der Waals surface area contributed by atoms with Crippen LogP contribution in [0, 0.1) is 0 Å². The van der Waals surface area contributed by atoms with Gasteiger partial charge in [-0.15, -0.1) is 11.3 Å². The highest BCUT2D eigenvalue weighted by Crippen LogP contribution is 2.17. The maximum atomic E-state index is 11.8. The number of thiophene rings is 1. The Morgan fingerprint density at radius 1 is 1.27 bits per heavy atom. The molecule has 3 nitrogen and oxygen atoms in total. The van der Waals surface area contributed by atoms with Crippen LogP contribution in [-0.2, 0) is 0 Å². The summed E-state index contributed by atoms with van der Waals surface area (Å²) in [7, 11) is 0. The number of anilines is 1.